The van der Waals surface area contributed by atoms with Crippen LogP contribution in [0.5, 0.6) is 0 Å². The lowest BCUT2D eigenvalue weighted by atomic mass is 10.2. The lowest BCUT2D eigenvalue weighted by Crippen LogP contribution is -2.41. The van der Waals surface area contributed by atoms with Gasteiger partial charge in [-0.15, -0.1) is 0 Å². The Morgan fingerprint density at radius 3 is 2.36 bits per heavy atom. The number of hydrogen-bond acceptors (Lipinski definition) is 3. The quantitative estimate of drug-likeness (QED) is 0.803. The molecule has 5 nitrogen and oxygen atoms in total. The summed E-state index contributed by atoms with van der Waals surface area (Å²) in [6.07, 6.45) is 0. The molecule has 0 heterocycles. The number of nitrogens with one attached hydrogen (secondary N) is 1. The van der Waals surface area contributed by atoms with E-state index >= 15 is 0 Å². The molecular formula is C16H24BrN3O2. The number of aryl methyl sites for hydroxylation is 1. The van der Waals surface area contributed by atoms with Crippen molar-refractivity contribution >= 4 is 33.4 Å². The highest BCUT2D eigenvalue weighted by Gasteiger charge is 2.14. The summed E-state index contributed by atoms with van der Waals surface area (Å²) >= 11 is 3.44. The normalized spacial score (nSPS) is 10.6. The molecule has 0 aliphatic carbocycles. The molecule has 6 heteroatoms. The van der Waals surface area contributed by atoms with Gasteiger partial charge < -0.3 is 10.2 Å². The Labute approximate surface area is 140 Å². The summed E-state index contributed by atoms with van der Waals surface area (Å²) in [7, 11) is 1.77. The summed E-state index contributed by atoms with van der Waals surface area (Å²) in [5, 5.41) is 2.84. The van der Waals surface area contributed by atoms with Crippen LogP contribution in [0.2, 0.25) is 0 Å². The maximum absolute atomic E-state index is 12.0. The second-order valence-corrected chi connectivity index (χ2v) is 6.10. The van der Waals surface area contributed by atoms with Gasteiger partial charge in [-0.25, -0.2) is 0 Å². The van der Waals surface area contributed by atoms with Gasteiger partial charge in [-0.05, 0) is 45.5 Å². The highest BCUT2D eigenvalue weighted by Crippen LogP contribution is 2.20. The molecule has 1 aromatic rings. The summed E-state index contributed by atoms with van der Waals surface area (Å²) < 4.78 is 0.954. The zero-order valence-corrected chi connectivity index (χ0v) is 15.2. The van der Waals surface area contributed by atoms with Gasteiger partial charge in [0, 0.05) is 23.2 Å². The van der Waals surface area contributed by atoms with Crippen molar-refractivity contribution in [2.24, 2.45) is 0 Å². The van der Waals surface area contributed by atoms with Gasteiger partial charge in [-0.3, -0.25) is 14.5 Å². The third kappa shape index (κ3) is 5.77. The molecule has 1 rings (SSSR count). The summed E-state index contributed by atoms with van der Waals surface area (Å²) in [6, 6.07) is 5.67. The zero-order chi connectivity index (χ0) is 16.7. The van der Waals surface area contributed by atoms with E-state index in [1.807, 2.05) is 39.0 Å². The van der Waals surface area contributed by atoms with E-state index in [1.165, 1.54) is 0 Å². The van der Waals surface area contributed by atoms with Gasteiger partial charge >= 0.3 is 0 Å². The first-order valence-electron chi connectivity index (χ1n) is 7.39. The van der Waals surface area contributed by atoms with Crippen LogP contribution in [-0.4, -0.2) is 54.8 Å². The highest BCUT2D eigenvalue weighted by atomic mass is 79.9. The topological polar surface area (TPSA) is 52.7 Å². The van der Waals surface area contributed by atoms with Crippen LogP contribution in [-0.2, 0) is 9.59 Å². The Morgan fingerprint density at radius 2 is 1.82 bits per heavy atom. The fourth-order valence-electron chi connectivity index (χ4n) is 2.08. The average molecular weight is 370 g/mol. The van der Waals surface area contributed by atoms with E-state index in [4.69, 9.17) is 0 Å². The Morgan fingerprint density at radius 1 is 1.18 bits per heavy atom. The number of rotatable bonds is 7. The lowest BCUT2D eigenvalue weighted by molar-refractivity contribution is -0.132. The first-order valence-corrected chi connectivity index (χ1v) is 8.19. The van der Waals surface area contributed by atoms with Gasteiger partial charge in [0.25, 0.3) is 0 Å². The predicted octanol–water partition coefficient (Wildman–Crippen LogP) is 2.50. The minimum atomic E-state index is -0.134. The first kappa shape index (κ1) is 18.6. The van der Waals surface area contributed by atoms with Crippen molar-refractivity contribution in [3.05, 3.63) is 28.2 Å². The Balaban J connectivity index is 2.50. The van der Waals surface area contributed by atoms with Gasteiger partial charge in [-0.2, -0.15) is 0 Å². The van der Waals surface area contributed by atoms with Gasteiger partial charge in [0.15, 0.2) is 0 Å². The highest BCUT2D eigenvalue weighted by molar-refractivity contribution is 9.10. The van der Waals surface area contributed by atoms with Gasteiger partial charge in [0.05, 0.1) is 13.1 Å². The minimum absolute atomic E-state index is 0.0402. The van der Waals surface area contributed by atoms with Crippen LogP contribution in [0.15, 0.2) is 22.7 Å². The molecule has 0 aliphatic heterocycles. The molecule has 0 aliphatic rings. The number of carbonyl (C=O) groups excluding carboxylic acids is 2. The molecule has 0 unspecified atom stereocenters. The van der Waals surface area contributed by atoms with Crippen LogP contribution < -0.4 is 5.32 Å². The summed E-state index contributed by atoms with van der Waals surface area (Å²) in [6.45, 7) is 7.68. The molecule has 1 aromatic carbocycles. The zero-order valence-electron chi connectivity index (χ0n) is 13.6. The number of carbonyl (C=O) groups is 2. The van der Waals surface area contributed by atoms with Crippen LogP contribution in [0.4, 0.5) is 5.69 Å². The maximum atomic E-state index is 12.0. The van der Waals surface area contributed by atoms with E-state index in [0.717, 1.165) is 15.7 Å². The van der Waals surface area contributed by atoms with E-state index in [2.05, 4.69) is 21.2 Å². The maximum Gasteiger partial charge on any atom is 0.238 e. The standard InChI is InChI=1S/C16H24BrN3O2/c1-5-20(6-2)16(22)11-19(4)10-15(21)18-13-8-7-12(3)14(17)9-13/h7-9H,5-6,10-11H2,1-4H3,(H,18,21). The third-order valence-electron chi connectivity index (χ3n) is 3.39. The van der Waals surface area contributed by atoms with Crippen molar-refractivity contribution in [1.82, 2.24) is 9.80 Å². The molecule has 0 atom stereocenters. The number of hydrogen-bond donors (Lipinski definition) is 1. The molecule has 22 heavy (non-hydrogen) atoms. The largest absolute Gasteiger partial charge is 0.342 e. The summed E-state index contributed by atoms with van der Waals surface area (Å²) in [5.74, 6) is -0.0935. The molecule has 0 bridgehead atoms. The second kappa shape index (κ2) is 8.90. The number of benzene rings is 1. The molecule has 2 amide bonds. The number of nitrogens with zero attached hydrogens (tertiary/aromatic N) is 2. The fourth-order valence-corrected chi connectivity index (χ4v) is 2.46. The first-order chi connectivity index (χ1) is 10.4. The number of anilines is 1. The SMILES string of the molecule is CCN(CC)C(=O)CN(C)CC(=O)Nc1ccc(C)c(Br)c1. The van der Waals surface area contributed by atoms with Crippen molar-refractivity contribution in [1.29, 1.82) is 0 Å². The number of likely N-dealkylation sites (N-methyl/N-ethyl adjacent to an activating group) is 2. The minimum Gasteiger partial charge on any atom is -0.342 e. The molecule has 0 saturated heterocycles. The van der Waals surface area contributed by atoms with Crippen LogP contribution in [0.25, 0.3) is 0 Å². The number of amides is 2. The molecule has 1 N–H and O–H groups in total. The molecular weight excluding hydrogens is 346 g/mol. The number of halogens is 1. The van der Waals surface area contributed by atoms with Crippen LogP contribution in [0.1, 0.15) is 19.4 Å². The molecule has 0 spiro atoms. The Kier molecular flexibility index (Phi) is 7.55. The van der Waals surface area contributed by atoms with Crippen molar-refractivity contribution < 1.29 is 9.59 Å². The van der Waals surface area contributed by atoms with E-state index in [1.54, 1.807) is 16.8 Å². The van der Waals surface area contributed by atoms with Crippen LogP contribution >= 0.6 is 15.9 Å². The van der Waals surface area contributed by atoms with Crippen molar-refractivity contribution in [3.8, 4) is 0 Å². The van der Waals surface area contributed by atoms with Gasteiger partial charge in [-0.1, -0.05) is 22.0 Å². The van der Waals surface area contributed by atoms with Crippen LogP contribution in [0.3, 0.4) is 0 Å². The fraction of sp³-hybridized carbons (Fsp3) is 0.500. The predicted molar refractivity (Wildman–Crippen MR) is 92.9 cm³/mol. The van der Waals surface area contributed by atoms with Gasteiger partial charge in [0.1, 0.15) is 0 Å². The molecule has 0 saturated carbocycles. The average Bonchev–Trinajstić information content (AvgIpc) is 2.43. The Hall–Kier alpha value is -1.40. The van der Waals surface area contributed by atoms with Crippen molar-refractivity contribution in [3.63, 3.8) is 0 Å². The van der Waals surface area contributed by atoms with Crippen LogP contribution in [0, 0.1) is 6.92 Å². The van der Waals surface area contributed by atoms with Crippen molar-refractivity contribution in [2.75, 3.05) is 38.5 Å². The molecule has 122 valence electrons. The molecule has 0 fully saturated rings. The molecule has 0 aromatic heterocycles. The lowest BCUT2D eigenvalue weighted by Gasteiger charge is -2.22. The summed E-state index contributed by atoms with van der Waals surface area (Å²) in [4.78, 5) is 27.5. The Bertz CT molecular complexity index is 530. The van der Waals surface area contributed by atoms with E-state index < -0.39 is 0 Å². The molecule has 0 radical (unpaired) electrons. The summed E-state index contributed by atoms with van der Waals surface area (Å²) in [5.41, 5.74) is 1.85. The third-order valence-corrected chi connectivity index (χ3v) is 4.24. The van der Waals surface area contributed by atoms with E-state index in [9.17, 15) is 9.59 Å². The van der Waals surface area contributed by atoms with E-state index in [-0.39, 0.29) is 24.9 Å². The van der Waals surface area contributed by atoms with E-state index in [0.29, 0.717) is 13.1 Å². The monoisotopic (exact) mass is 369 g/mol. The smallest absolute Gasteiger partial charge is 0.238 e. The van der Waals surface area contributed by atoms with Crippen molar-refractivity contribution in [2.45, 2.75) is 20.8 Å². The second-order valence-electron chi connectivity index (χ2n) is 5.25. The van der Waals surface area contributed by atoms with Gasteiger partial charge in [0.2, 0.25) is 11.8 Å².